The van der Waals surface area contributed by atoms with E-state index in [1.54, 1.807) is 13.3 Å². The van der Waals surface area contributed by atoms with Gasteiger partial charge in [-0.05, 0) is 35.7 Å². The fourth-order valence-corrected chi connectivity index (χ4v) is 2.45. The molecule has 2 rings (SSSR count). The van der Waals surface area contributed by atoms with Gasteiger partial charge in [-0.1, -0.05) is 36.2 Å². The number of benzene rings is 1. The number of hydrogen-bond acceptors (Lipinski definition) is 3. The molecule has 1 aromatic heterocycles. The molecule has 0 bridgehead atoms. The van der Waals surface area contributed by atoms with Crippen molar-refractivity contribution in [3.63, 3.8) is 0 Å². The summed E-state index contributed by atoms with van der Waals surface area (Å²) in [5, 5.41) is 4.68. The van der Waals surface area contributed by atoms with Crippen LogP contribution in [0, 0.1) is 0 Å². The van der Waals surface area contributed by atoms with Crippen molar-refractivity contribution in [2.75, 3.05) is 7.11 Å². The summed E-state index contributed by atoms with van der Waals surface area (Å²) in [7, 11) is 1.62. The lowest BCUT2D eigenvalue weighted by Gasteiger charge is -2.18. The summed E-state index contributed by atoms with van der Waals surface area (Å²) in [6.07, 6.45) is 2.70. The zero-order valence-electron chi connectivity index (χ0n) is 12.1. The van der Waals surface area contributed by atoms with Gasteiger partial charge in [0, 0.05) is 24.8 Å². The lowest BCUT2D eigenvalue weighted by molar-refractivity contribution is 0.396. The number of methoxy groups -OCH3 is 1. The number of aromatic nitrogens is 1. The quantitative estimate of drug-likeness (QED) is 0.840. The fourth-order valence-electron chi connectivity index (χ4n) is 2.14. The maximum atomic E-state index is 6.09. The van der Waals surface area contributed by atoms with E-state index < -0.39 is 0 Å². The van der Waals surface area contributed by atoms with Crippen LogP contribution in [0.25, 0.3) is 0 Å². The van der Waals surface area contributed by atoms with Crippen LogP contribution in [0.3, 0.4) is 0 Å². The summed E-state index contributed by atoms with van der Waals surface area (Å²) < 4.78 is 5.13. The first kappa shape index (κ1) is 16.1. The Morgan fingerprint density at radius 1 is 1.19 bits per heavy atom. The predicted octanol–water partition coefficient (Wildman–Crippen LogP) is 4.64. The van der Waals surface area contributed by atoms with Crippen molar-refractivity contribution in [1.29, 1.82) is 0 Å². The Morgan fingerprint density at radius 2 is 2.00 bits per heavy atom. The number of hydrogen-bond donors (Lipinski definition) is 1. The second-order valence-electron chi connectivity index (χ2n) is 4.72. The van der Waals surface area contributed by atoms with Crippen LogP contribution >= 0.6 is 23.2 Å². The van der Waals surface area contributed by atoms with E-state index in [1.165, 1.54) is 0 Å². The van der Waals surface area contributed by atoms with Crippen LogP contribution in [-0.4, -0.2) is 12.1 Å². The molecule has 3 nitrogen and oxygen atoms in total. The average molecular weight is 325 g/mol. The third-order valence-corrected chi connectivity index (χ3v) is 4.05. The molecule has 0 saturated heterocycles. The summed E-state index contributed by atoms with van der Waals surface area (Å²) in [5.74, 6) is 0.622. The highest BCUT2D eigenvalue weighted by atomic mass is 35.5. The highest BCUT2D eigenvalue weighted by Crippen LogP contribution is 2.27. The second kappa shape index (κ2) is 7.64. The van der Waals surface area contributed by atoms with Gasteiger partial charge in [-0.2, -0.15) is 0 Å². The van der Waals surface area contributed by atoms with E-state index in [1.807, 2.05) is 30.3 Å². The van der Waals surface area contributed by atoms with Crippen LogP contribution < -0.4 is 10.1 Å². The first-order valence-corrected chi connectivity index (χ1v) is 7.57. The van der Waals surface area contributed by atoms with Gasteiger partial charge in [-0.25, -0.2) is 4.98 Å². The molecule has 1 aromatic carbocycles. The lowest BCUT2D eigenvalue weighted by Crippen LogP contribution is -2.20. The zero-order valence-corrected chi connectivity index (χ0v) is 13.6. The first-order chi connectivity index (χ1) is 10.1. The number of ether oxygens (including phenoxy) is 1. The number of rotatable bonds is 6. The number of nitrogens with zero attached hydrogens (tertiary/aromatic N) is 1. The molecule has 0 aliphatic rings. The summed E-state index contributed by atoms with van der Waals surface area (Å²) in [4.78, 5) is 4.10. The number of pyridine rings is 1. The van der Waals surface area contributed by atoms with Crippen LogP contribution in [-0.2, 0) is 6.54 Å². The van der Waals surface area contributed by atoms with E-state index >= 15 is 0 Å². The normalized spacial score (nSPS) is 12.2. The van der Waals surface area contributed by atoms with E-state index in [9.17, 15) is 0 Å². The molecule has 0 fully saturated rings. The van der Waals surface area contributed by atoms with Gasteiger partial charge < -0.3 is 10.1 Å². The minimum Gasteiger partial charge on any atom is -0.481 e. The Morgan fingerprint density at radius 3 is 2.67 bits per heavy atom. The number of nitrogens with one attached hydrogen (secondary N) is 1. The van der Waals surface area contributed by atoms with Gasteiger partial charge in [-0.15, -0.1) is 0 Å². The molecule has 0 saturated carbocycles. The standard InChI is InChI=1S/C16H18Cl2N2O/c1-3-15(12-4-5-13(17)14(18)9-12)20-10-11-6-7-19-16(8-11)21-2/h4-9,15,20H,3,10H2,1-2H3. The molecular weight excluding hydrogens is 307 g/mol. The van der Waals surface area contributed by atoms with Crippen molar-refractivity contribution in [2.45, 2.75) is 25.9 Å². The van der Waals surface area contributed by atoms with Crippen molar-refractivity contribution in [2.24, 2.45) is 0 Å². The Kier molecular flexibility index (Phi) is 5.85. The molecule has 0 spiro atoms. The van der Waals surface area contributed by atoms with Gasteiger partial charge in [0.15, 0.2) is 0 Å². The smallest absolute Gasteiger partial charge is 0.213 e. The van der Waals surface area contributed by atoms with E-state index in [4.69, 9.17) is 27.9 Å². The molecule has 5 heteroatoms. The highest BCUT2D eigenvalue weighted by molar-refractivity contribution is 6.42. The molecule has 1 unspecified atom stereocenters. The maximum absolute atomic E-state index is 6.09. The van der Waals surface area contributed by atoms with Crippen LogP contribution in [0.2, 0.25) is 10.0 Å². The summed E-state index contributed by atoms with van der Waals surface area (Å²) >= 11 is 12.0. The Bertz CT molecular complexity index is 605. The van der Waals surface area contributed by atoms with Gasteiger partial charge in [0.1, 0.15) is 0 Å². The monoisotopic (exact) mass is 324 g/mol. The van der Waals surface area contributed by atoms with Crippen molar-refractivity contribution in [1.82, 2.24) is 10.3 Å². The Balaban J connectivity index is 2.06. The van der Waals surface area contributed by atoms with E-state index in [-0.39, 0.29) is 6.04 Å². The maximum Gasteiger partial charge on any atom is 0.213 e. The van der Waals surface area contributed by atoms with Crippen molar-refractivity contribution < 1.29 is 4.74 Å². The van der Waals surface area contributed by atoms with Crippen LogP contribution in [0.5, 0.6) is 5.88 Å². The topological polar surface area (TPSA) is 34.2 Å². The van der Waals surface area contributed by atoms with Crippen LogP contribution in [0.1, 0.15) is 30.5 Å². The fraction of sp³-hybridized carbons (Fsp3) is 0.312. The van der Waals surface area contributed by atoms with Gasteiger partial charge in [0.2, 0.25) is 5.88 Å². The van der Waals surface area contributed by atoms with Crippen LogP contribution in [0.4, 0.5) is 0 Å². The summed E-state index contributed by atoms with van der Waals surface area (Å²) in [6, 6.07) is 9.87. The first-order valence-electron chi connectivity index (χ1n) is 6.81. The molecular formula is C16H18Cl2N2O. The third kappa shape index (κ3) is 4.34. The average Bonchev–Trinajstić information content (AvgIpc) is 2.51. The molecule has 0 radical (unpaired) electrons. The molecule has 2 aromatic rings. The van der Waals surface area contributed by atoms with E-state index in [0.29, 0.717) is 15.9 Å². The Hall–Kier alpha value is -1.29. The predicted molar refractivity (Wildman–Crippen MR) is 87.1 cm³/mol. The largest absolute Gasteiger partial charge is 0.481 e. The molecule has 1 N–H and O–H groups in total. The molecule has 0 aliphatic carbocycles. The molecule has 0 amide bonds. The molecule has 0 aliphatic heterocycles. The summed E-state index contributed by atoms with van der Waals surface area (Å²) in [6.45, 7) is 2.87. The van der Waals surface area contributed by atoms with Crippen LogP contribution in [0.15, 0.2) is 36.5 Å². The zero-order chi connectivity index (χ0) is 15.2. The van der Waals surface area contributed by atoms with E-state index in [2.05, 4.69) is 17.2 Å². The minimum atomic E-state index is 0.221. The summed E-state index contributed by atoms with van der Waals surface area (Å²) in [5.41, 5.74) is 2.26. The molecule has 21 heavy (non-hydrogen) atoms. The van der Waals surface area contributed by atoms with Crippen molar-refractivity contribution in [3.05, 3.63) is 57.7 Å². The Labute approximate surface area is 135 Å². The van der Waals surface area contributed by atoms with E-state index in [0.717, 1.165) is 24.1 Å². The van der Waals surface area contributed by atoms with Crippen molar-refractivity contribution in [3.8, 4) is 5.88 Å². The minimum absolute atomic E-state index is 0.221. The van der Waals surface area contributed by atoms with Gasteiger partial charge >= 0.3 is 0 Å². The third-order valence-electron chi connectivity index (χ3n) is 3.32. The number of halogens is 2. The van der Waals surface area contributed by atoms with Gasteiger partial charge in [-0.3, -0.25) is 0 Å². The molecule has 1 heterocycles. The molecule has 1 atom stereocenters. The van der Waals surface area contributed by atoms with Gasteiger partial charge in [0.25, 0.3) is 0 Å². The highest BCUT2D eigenvalue weighted by Gasteiger charge is 2.10. The second-order valence-corrected chi connectivity index (χ2v) is 5.54. The van der Waals surface area contributed by atoms with Gasteiger partial charge in [0.05, 0.1) is 17.2 Å². The lowest BCUT2D eigenvalue weighted by atomic mass is 10.0. The SMILES string of the molecule is CCC(NCc1ccnc(OC)c1)c1ccc(Cl)c(Cl)c1. The van der Waals surface area contributed by atoms with Crippen molar-refractivity contribution >= 4 is 23.2 Å². The molecule has 112 valence electrons.